The van der Waals surface area contributed by atoms with Crippen molar-refractivity contribution in [1.82, 2.24) is 24.4 Å². The molecule has 0 aliphatic heterocycles. The number of nitrogens with zero attached hydrogens (tertiary/aromatic N) is 5. The van der Waals surface area contributed by atoms with Gasteiger partial charge in [0, 0.05) is 17.3 Å². The standard InChI is InChI=1S/C19H16N6O/c1-2-16-17(23-18-14(8-20)9-22-25(18)19(16)26)15-10-21-24(12-15)11-13-6-4-3-5-7-13/h3-7,9-10,12,23H,2,11H2,1H3. The Hall–Kier alpha value is -3.66. The molecule has 0 aliphatic carbocycles. The van der Waals surface area contributed by atoms with Crippen molar-refractivity contribution in [3.8, 4) is 17.3 Å². The summed E-state index contributed by atoms with van der Waals surface area (Å²) in [4.78, 5) is 15.9. The third-order valence-corrected chi connectivity index (χ3v) is 4.35. The van der Waals surface area contributed by atoms with Gasteiger partial charge >= 0.3 is 0 Å². The number of hydrogen-bond donors (Lipinski definition) is 1. The second-order valence-corrected chi connectivity index (χ2v) is 5.98. The van der Waals surface area contributed by atoms with Gasteiger partial charge in [0.25, 0.3) is 5.56 Å². The van der Waals surface area contributed by atoms with Gasteiger partial charge in [-0.15, -0.1) is 0 Å². The summed E-state index contributed by atoms with van der Waals surface area (Å²) in [5, 5.41) is 17.7. The predicted molar refractivity (Wildman–Crippen MR) is 96.7 cm³/mol. The lowest BCUT2D eigenvalue weighted by atomic mass is 10.1. The summed E-state index contributed by atoms with van der Waals surface area (Å²) < 4.78 is 3.07. The van der Waals surface area contributed by atoms with Crippen LogP contribution in [0.1, 0.15) is 23.6 Å². The lowest BCUT2D eigenvalue weighted by Gasteiger charge is -2.07. The molecule has 0 radical (unpaired) electrons. The molecule has 0 aliphatic rings. The first-order valence-corrected chi connectivity index (χ1v) is 8.31. The Morgan fingerprint density at radius 1 is 1.19 bits per heavy atom. The first-order chi connectivity index (χ1) is 12.7. The summed E-state index contributed by atoms with van der Waals surface area (Å²) in [6, 6.07) is 12.1. The van der Waals surface area contributed by atoms with E-state index in [2.05, 4.69) is 21.3 Å². The number of rotatable bonds is 4. The Balaban J connectivity index is 1.81. The molecule has 4 rings (SSSR count). The van der Waals surface area contributed by atoms with Gasteiger partial charge in [-0.1, -0.05) is 37.3 Å². The number of aromatic amines is 1. The Bertz CT molecular complexity index is 1180. The molecule has 0 bridgehead atoms. The van der Waals surface area contributed by atoms with Gasteiger partial charge in [0.15, 0.2) is 5.65 Å². The molecule has 0 saturated carbocycles. The molecule has 7 nitrogen and oxygen atoms in total. The molecule has 26 heavy (non-hydrogen) atoms. The van der Waals surface area contributed by atoms with Gasteiger partial charge in [0.05, 0.1) is 24.6 Å². The number of nitrogens with one attached hydrogen (secondary N) is 1. The van der Waals surface area contributed by atoms with Crippen LogP contribution in [-0.4, -0.2) is 24.4 Å². The lowest BCUT2D eigenvalue weighted by molar-refractivity contribution is 0.687. The van der Waals surface area contributed by atoms with E-state index < -0.39 is 0 Å². The zero-order chi connectivity index (χ0) is 18.1. The monoisotopic (exact) mass is 344 g/mol. The minimum absolute atomic E-state index is 0.214. The third kappa shape index (κ3) is 2.58. The molecule has 7 heteroatoms. The zero-order valence-electron chi connectivity index (χ0n) is 14.2. The van der Waals surface area contributed by atoms with Crippen molar-refractivity contribution in [3.63, 3.8) is 0 Å². The number of fused-ring (bicyclic) bond motifs is 1. The predicted octanol–water partition coefficient (Wildman–Crippen LogP) is 2.37. The number of nitriles is 1. The second-order valence-electron chi connectivity index (χ2n) is 5.98. The van der Waals surface area contributed by atoms with Crippen LogP contribution in [0.3, 0.4) is 0 Å². The first kappa shape index (κ1) is 15.8. The van der Waals surface area contributed by atoms with Crippen LogP contribution in [0, 0.1) is 11.3 Å². The minimum atomic E-state index is -0.214. The van der Waals surface area contributed by atoms with Crippen LogP contribution in [0.2, 0.25) is 0 Å². The van der Waals surface area contributed by atoms with Crippen molar-refractivity contribution in [1.29, 1.82) is 5.26 Å². The van der Waals surface area contributed by atoms with Crippen molar-refractivity contribution >= 4 is 5.65 Å². The van der Waals surface area contributed by atoms with Crippen LogP contribution in [0.4, 0.5) is 0 Å². The van der Waals surface area contributed by atoms with Gasteiger partial charge in [0.2, 0.25) is 0 Å². The highest BCUT2D eigenvalue weighted by Crippen LogP contribution is 2.21. The van der Waals surface area contributed by atoms with Crippen LogP contribution < -0.4 is 5.56 Å². The van der Waals surface area contributed by atoms with E-state index >= 15 is 0 Å². The fraction of sp³-hybridized carbons (Fsp3) is 0.158. The average molecular weight is 344 g/mol. The molecular weight excluding hydrogens is 328 g/mol. The van der Waals surface area contributed by atoms with Gasteiger partial charge in [-0.25, -0.2) is 0 Å². The molecular formula is C19H16N6O. The smallest absolute Gasteiger partial charge is 0.278 e. The summed E-state index contributed by atoms with van der Waals surface area (Å²) in [5.41, 5.74) is 3.77. The fourth-order valence-corrected chi connectivity index (χ4v) is 3.06. The molecule has 0 amide bonds. The lowest BCUT2D eigenvalue weighted by Crippen LogP contribution is -2.21. The Morgan fingerprint density at radius 3 is 2.73 bits per heavy atom. The van der Waals surface area contributed by atoms with Crippen molar-refractivity contribution in [2.45, 2.75) is 19.9 Å². The van der Waals surface area contributed by atoms with Crippen molar-refractivity contribution in [2.75, 3.05) is 0 Å². The number of hydrogen-bond acceptors (Lipinski definition) is 4. The molecule has 1 aromatic carbocycles. The Morgan fingerprint density at radius 2 is 2.00 bits per heavy atom. The van der Waals surface area contributed by atoms with E-state index in [0.717, 1.165) is 11.1 Å². The van der Waals surface area contributed by atoms with Crippen LogP contribution in [-0.2, 0) is 13.0 Å². The van der Waals surface area contributed by atoms with E-state index in [1.807, 2.05) is 48.1 Å². The Labute approximate surface area is 149 Å². The second kappa shape index (κ2) is 6.33. The molecule has 3 aromatic heterocycles. The van der Waals surface area contributed by atoms with Crippen LogP contribution in [0.25, 0.3) is 16.9 Å². The summed E-state index contributed by atoms with van der Waals surface area (Å²) >= 11 is 0. The number of aromatic nitrogens is 5. The summed E-state index contributed by atoms with van der Waals surface area (Å²) in [5.74, 6) is 0. The number of benzene rings is 1. The maximum atomic E-state index is 12.7. The molecule has 0 saturated heterocycles. The van der Waals surface area contributed by atoms with Crippen molar-refractivity contribution in [2.24, 2.45) is 0 Å². The van der Waals surface area contributed by atoms with Crippen LogP contribution in [0.5, 0.6) is 0 Å². The molecule has 0 spiro atoms. The quantitative estimate of drug-likeness (QED) is 0.615. The topological polar surface area (TPSA) is 91.8 Å². The first-order valence-electron chi connectivity index (χ1n) is 8.31. The summed E-state index contributed by atoms with van der Waals surface area (Å²) in [6.45, 7) is 2.56. The van der Waals surface area contributed by atoms with Gasteiger partial charge in [0.1, 0.15) is 11.6 Å². The van der Waals surface area contributed by atoms with Crippen LogP contribution >= 0.6 is 0 Å². The van der Waals surface area contributed by atoms with E-state index in [0.29, 0.717) is 35.4 Å². The van der Waals surface area contributed by atoms with Crippen molar-refractivity contribution in [3.05, 3.63) is 76.0 Å². The average Bonchev–Trinajstić information content (AvgIpc) is 3.29. The normalized spacial score (nSPS) is 10.9. The maximum Gasteiger partial charge on any atom is 0.278 e. The zero-order valence-corrected chi connectivity index (χ0v) is 14.2. The summed E-state index contributed by atoms with van der Waals surface area (Å²) in [7, 11) is 0. The number of H-pyrrole nitrogens is 1. The van der Waals surface area contributed by atoms with E-state index in [-0.39, 0.29) is 5.56 Å². The maximum absolute atomic E-state index is 12.7. The van der Waals surface area contributed by atoms with E-state index in [1.54, 1.807) is 6.20 Å². The highest BCUT2D eigenvalue weighted by molar-refractivity contribution is 5.66. The SMILES string of the molecule is CCc1c(-c2cnn(Cc3ccccc3)c2)[nH]c2c(C#N)cnn2c1=O. The molecule has 0 fully saturated rings. The fourth-order valence-electron chi connectivity index (χ4n) is 3.06. The van der Waals surface area contributed by atoms with Gasteiger partial charge in [-0.05, 0) is 12.0 Å². The molecule has 128 valence electrons. The van der Waals surface area contributed by atoms with Crippen molar-refractivity contribution < 1.29 is 0 Å². The molecule has 0 unspecified atom stereocenters. The highest BCUT2D eigenvalue weighted by atomic mass is 16.1. The van der Waals surface area contributed by atoms with Crippen LogP contribution in [0.15, 0.2) is 53.7 Å². The van der Waals surface area contributed by atoms with E-state index in [4.69, 9.17) is 0 Å². The largest absolute Gasteiger partial charge is 0.338 e. The van der Waals surface area contributed by atoms with Gasteiger partial charge in [-0.2, -0.15) is 20.0 Å². The Kier molecular flexibility index (Phi) is 3.86. The summed E-state index contributed by atoms with van der Waals surface area (Å²) in [6.07, 6.45) is 5.57. The molecule has 4 aromatic rings. The minimum Gasteiger partial charge on any atom is -0.338 e. The van der Waals surface area contributed by atoms with E-state index in [9.17, 15) is 10.1 Å². The molecule has 3 heterocycles. The van der Waals surface area contributed by atoms with E-state index in [1.165, 1.54) is 10.7 Å². The molecule has 1 N–H and O–H groups in total. The van der Waals surface area contributed by atoms with Gasteiger partial charge in [-0.3, -0.25) is 9.48 Å². The highest BCUT2D eigenvalue weighted by Gasteiger charge is 2.16. The van der Waals surface area contributed by atoms with Gasteiger partial charge < -0.3 is 4.98 Å². The third-order valence-electron chi connectivity index (χ3n) is 4.35. The molecule has 0 atom stereocenters.